The van der Waals surface area contributed by atoms with E-state index in [0.717, 1.165) is 25.9 Å². The molecule has 2 heterocycles. The minimum absolute atomic E-state index is 0.0456. The fraction of sp³-hybridized carbons (Fsp3) is 0.833. The van der Waals surface area contributed by atoms with Crippen LogP contribution in [-0.2, 0) is 4.79 Å². The molecule has 18 heavy (non-hydrogen) atoms. The van der Waals surface area contributed by atoms with E-state index in [4.69, 9.17) is 5.11 Å². The Morgan fingerprint density at radius 1 is 1.33 bits per heavy atom. The van der Waals surface area contributed by atoms with E-state index in [1.807, 2.05) is 0 Å². The van der Waals surface area contributed by atoms with Crippen LogP contribution in [0, 0.1) is 11.8 Å². The highest BCUT2D eigenvalue weighted by Gasteiger charge is 2.37. The Balaban J connectivity index is 1.71. The van der Waals surface area contributed by atoms with Crippen molar-refractivity contribution in [1.29, 1.82) is 0 Å². The van der Waals surface area contributed by atoms with Gasteiger partial charge in [0.25, 0.3) is 0 Å². The zero-order valence-electron chi connectivity index (χ0n) is 10.7. The maximum absolute atomic E-state index is 11.9. The Kier molecular flexibility index (Phi) is 4.06. The van der Waals surface area contributed by atoms with Gasteiger partial charge in [0, 0.05) is 25.0 Å². The third kappa shape index (κ3) is 2.93. The lowest BCUT2D eigenvalue weighted by atomic mass is 9.87. The number of carbonyl (C=O) groups is 2. The molecule has 2 saturated heterocycles. The Hall–Kier alpha value is -1.30. The molecular weight excluding hydrogens is 234 g/mol. The van der Waals surface area contributed by atoms with E-state index in [1.165, 1.54) is 0 Å². The third-order valence-electron chi connectivity index (χ3n) is 3.96. The Morgan fingerprint density at radius 2 is 1.94 bits per heavy atom. The molecule has 6 heteroatoms. The smallest absolute Gasteiger partial charge is 0.317 e. The quantitative estimate of drug-likeness (QED) is 0.668. The van der Waals surface area contributed by atoms with Gasteiger partial charge in [0.05, 0.1) is 5.92 Å². The van der Waals surface area contributed by atoms with Gasteiger partial charge in [0.15, 0.2) is 0 Å². The summed E-state index contributed by atoms with van der Waals surface area (Å²) >= 11 is 0. The van der Waals surface area contributed by atoms with Crippen molar-refractivity contribution >= 4 is 12.0 Å². The summed E-state index contributed by atoms with van der Waals surface area (Å²) in [4.78, 5) is 24.4. The number of nitrogens with one attached hydrogen (secondary N) is 2. The number of carbonyl (C=O) groups excluding carboxylic acids is 1. The number of likely N-dealkylation sites (tertiary alicyclic amines) is 1. The maximum atomic E-state index is 11.9. The van der Waals surface area contributed by atoms with Crippen molar-refractivity contribution in [3.63, 3.8) is 0 Å². The highest BCUT2D eigenvalue weighted by atomic mass is 16.4. The van der Waals surface area contributed by atoms with Gasteiger partial charge in [-0.05, 0) is 25.9 Å². The van der Waals surface area contributed by atoms with E-state index in [-0.39, 0.29) is 23.9 Å². The van der Waals surface area contributed by atoms with Crippen molar-refractivity contribution in [2.24, 2.45) is 11.8 Å². The molecule has 0 aromatic heterocycles. The highest BCUT2D eigenvalue weighted by Crippen LogP contribution is 2.24. The number of piperidine rings is 1. The van der Waals surface area contributed by atoms with Crippen molar-refractivity contribution in [3.8, 4) is 0 Å². The fourth-order valence-electron chi connectivity index (χ4n) is 2.43. The highest BCUT2D eigenvalue weighted by molar-refractivity contribution is 5.76. The molecule has 6 nitrogen and oxygen atoms in total. The van der Waals surface area contributed by atoms with Crippen molar-refractivity contribution < 1.29 is 14.7 Å². The molecule has 0 saturated carbocycles. The first-order valence-electron chi connectivity index (χ1n) is 6.57. The van der Waals surface area contributed by atoms with Crippen LogP contribution in [0.5, 0.6) is 0 Å². The van der Waals surface area contributed by atoms with Gasteiger partial charge in [-0.1, -0.05) is 6.92 Å². The van der Waals surface area contributed by atoms with Crippen LogP contribution >= 0.6 is 0 Å². The number of carboxylic acids is 1. The van der Waals surface area contributed by atoms with Crippen LogP contribution in [0.1, 0.15) is 19.8 Å². The second-order valence-electron chi connectivity index (χ2n) is 5.27. The number of rotatable bonds is 3. The summed E-state index contributed by atoms with van der Waals surface area (Å²) in [5, 5.41) is 15.1. The van der Waals surface area contributed by atoms with Crippen LogP contribution < -0.4 is 10.6 Å². The van der Waals surface area contributed by atoms with Crippen molar-refractivity contribution in [2.45, 2.75) is 25.8 Å². The minimum atomic E-state index is -0.779. The third-order valence-corrected chi connectivity index (χ3v) is 3.96. The number of hydrogen-bond acceptors (Lipinski definition) is 3. The van der Waals surface area contributed by atoms with Gasteiger partial charge >= 0.3 is 12.0 Å². The first-order valence-corrected chi connectivity index (χ1v) is 6.57. The normalized spacial score (nSPS) is 23.3. The molecule has 0 aromatic rings. The van der Waals surface area contributed by atoms with Gasteiger partial charge in [-0.3, -0.25) is 4.79 Å². The lowest BCUT2D eigenvalue weighted by Crippen LogP contribution is -2.58. The number of nitrogens with zero attached hydrogens (tertiary/aromatic N) is 1. The Bertz CT molecular complexity index is 323. The summed E-state index contributed by atoms with van der Waals surface area (Å²) in [7, 11) is 0. The molecule has 2 aliphatic rings. The predicted molar refractivity (Wildman–Crippen MR) is 66.3 cm³/mol. The summed E-state index contributed by atoms with van der Waals surface area (Å²) in [5.41, 5.74) is 0. The topological polar surface area (TPSA) is 81.7 Å². The number of urea groups is 1. The van der Waals surface area contributed by atoms with Crippen LogP contribution in [0.15, 0.2) is 0 Å². The van der Waals surface area contributed by atoms with Crippen molar-refractivity contribution in [2.75, 3.05) is 26.2 Å². The summed E-state index contributed by atoms with van der Waals surface area (Å²) < 4.78 is 0. The second kappa shape index (κ2) is 5.56. The molecule has 1 unspecified atom stereocenters. The van der Waals surface area contributed by atoms with Gasteiger partial charge in [-0.15, -0.1) is 0 Å². The van der Waals surface area contributed by atoms with Gasteiger partial charge in [0.1, 0.15) is 0 Å². The number of amides is 2. The van der Waals surface area contributed by atoms with E-state index in [2.05, 4.69) is 10.6 Å². The molecule has 0 aliphatic carbocycles. The molecule has 1 atom stereocenters. The Morgan fingerprint density at radius 3 is 2.50 bits per heavy atom. The first kappa shape index (κ1) is 13.1. The lowest BCUT2D eigenvalue weighted by Gasteiger charge is -2.42. The average Bonchev–Trinajstić information content (AvgIpc) is 2.28. The lowest BCUT2D eigenvalue weighted by molar-refractivity contribution is -0.144. The average molecular weight is 255 g/mol. The van der Waals surface area contributed by atoms with Crippen LogP contribution in [0.2, 0.25) is 0 Å². The maximum Gasteiger partial charge on any atom is 0.317 e. The Labute approximate surface area is 107 Å². The number of hydrogen-bond donors (Lipinski definition) is 3. The van der Waals surface area contributed by atoms with Gasteiger partial charge in [-0.25, -0.2) is 4.79 Å². The zero-order valence-corrected chi connectivity index (χ0v) is 10.7. The van der Waals surface area contributed by atoms with Gasteiger partial charge < -0.3 is 20.6 Å². The van der Waals surface area contributed by atoms with Crippen molar-refractivity contribution in [3.05, 3.63) is 0 Å². The number of aliphatic carboxylic acids is 1. The van der Waals surface area contributed by atoms with E-state index in [0.29, 0.717) is 13.1 Å². The fourth-order valence-corrected chi connectivity index (χ4v) is 2.43. The zero-order chi connectivity index (χ0) is 13.1. The molecule has 2 rings (SSSR count). The minimum Gasteiger partial charge on any atom is -0.481 e. The van der Waals surface area contributed by atoms with Crippen LogP contribution in [0.4, 0.5) is 4.79 Å². The van der Waals surface area contributed by atoms with E-state index in [1.54, 1.807) is 11.8 Å². The van der Waals surface area contributed by atoms with E-state index < -0.39 is 5.97 Å². The molecular formula is C12H21N3O3. The molecule has 2 amide bonds. The summed E-state index contributed by atoms with van der Waals surface area (Å²) in [6, 6.07) is 0.213. The van der Waals surface area contributed by atoms with Crippen molar-refractivity contribution in [1.82, 2.24) is 15.5 Å². The molecule has 2 fully saturated rings. The summed E-state index contributed by atoms with van der Waals surface area (Å²) in [6.45, 7) is 4.72. The monoisotopic (exact) mass is 255 g/mol. The molecule has 0 aromatic carbocycles. The first-order chi connectivity index (χ1) is 8.58. The van der Waals surface area contributed by atoms with E-state index >= 15 is 0 Å². The summed E-state index contributed by atoms with van der Waals surface area (Å²) in [6.07, 6.45) is 1.93. The number of carboxylic acid groups (broad SMARTS) is 1. The van der Waals surface area contributed by atoms with Crippen LogP contribution in [0.25, 0.3) is 0 Å². The standard InChI is InChI=1S/C12H21N3O3/c1-8(11(16)17)9-6-15(7-9)12(18)14-10-2-4-13-5-3-10/h8-10,13H,2-7H2,1H3,(H,14,18)(H,16,17). The SMILES string of the molecule is CC(C(=O)O)C1CN(C(=O)NC2CCNCC2)C1. The van der Waals surface area contributed by atoms with Crippen LogP contribution in [0.3, 0.4) is 0 Å². The molecule has 3 N–H and O–H groups in total. The summed E-state index contributed by atoms with van der Waals surface area (Å²) in [5.74, 6) is -1.05. The van der Waals surface area contributed by atoms with Crippen LogP contribution in [-0.4, -0.2) is 54.2 Å². The van der Waals surface area contributed by atoms with E-state index in [9.17, 15) is 9.59 Å². The largest absolute Gasteiger partial charge is 0.481 e. The molecule has 102 valence electrons. The molecule has 0 spiro atoms. The van der Waals surface area contributed by atoms with Gasteiger partial charge in [-0.2, -0.15) is 0 Å². The molecule has 0 bridgehead atoms. The molecule has 2 aliphatic heterocycles. The molecule has 0 radical (unpaired) electrons. The predicted octanol–water partition coefficient (Wildman–Crippen LogP) is 0.101. The second-order valence-corrected chi connectivity index (χ2v) is 5.27. The van der Waals surface area contributed by atoms with Gasteiger partial charge in [0.2, 0.25) is 0 Å².